The van der Waals surface area contributed by atoms with Gasteiger partial charge in [-0.05, 0) is 92.9 Å². The number of rotatable bonds is 4. The van der Waals surface area contributed by atoms with E-state index in [-0.39, 0.29) is 11.1 Å². The van der Waals surface area contributed by atoms with Gasteiger partial charge >= 0.3 is 0 Å². The molecule has 0 unspecified atom stereocenters. The molecule has 31 heavy (non-hydrogen) atoms. The van der Waals surface area contributed by atoms with Crippen LogP contribution in [0.15, 0.2) is 53.4 Å². The van der Waals surface area contributed by atoms with Crippen molar-refractivity contribution in [3.05, 3.63) is 92.6 Å². The first-order valence-corrected chi connectivity index (χ1v) is 11.1. The number of amides is 2. The molecule has 3 aromatic rings. The molecule has 2 aromatic carbocycles. The van der Waals surface area contributed by atoms with Crippen molar-refractivity contribution in [2.24, 2.45) is 0 Å². The number of benzene rings is 2. The molecule has 0 spiro atoms. The van der Waals surface area contributed by atoms with Crippen LogP contribution in [-0.4, -0.2) is 20.6 Å². The van der Waals surface area contributed by atoms with Gasteiger partial charge in [0, 0.05) is 17.1 Å². The Balaban J connectivity index is 1.64. The summed E-state index contributed by atoms with van der Waals surface area (Å²) in [7, 11) is 0. The minimum Gasteiger partial charge on any atom is -0.318 e. The second kappa shape index (κ2) is 8.23. The number of carbonyl (C=O) groups is 2. The SMILES string of the molecule is Cc1cccc(CN2C(=O)S/C(=C\c3cc(C)n(-c4ccc(C)c(C)c4)c3C)C2=O)c1. The van der Waals surface area contributed by atoms with Crippen molar-refractivity contribution in [2.45, 2.75) is 41.2 Å². The van der Waals surface area contributed by atoms with Gasteiger partial charge in [-0.15, -0.1) is 0 Å². The van der Waals surface area contributed by atoms with Gasteiger partial charge in [-0.3, -0.25) is 14.5 Å². The number of thioether (sulfide) groups is 1. The molecule has 0 bridgehead atoms. The van der Waals surface area contributed by atoms with Crippen LogP contribution in [-0.2, 0) is 11.3 Å². The van der Waals surface area contributed by atoms with E-state index < -0.39 is 0 Å². The van der Waals surface area contributed by atoms with Crippen molar-refractivity contribution in [3.8, 4) is 5.69 Å². The quantitative estimate of drug-likeness (QED) is 0.459. The lowest BCUT2D eigenvalue weighted by Gasteiger charge is -2.13. The zero-order valence-electron chi connectivity index (χ0n) is 18.5. The zero-order valence-corrected chi connectivity index (χ0v) is 19.3. The minimum absolute atomic E-state index is 0.222. The van der Waals surface area contributed by atoms with E-state index in [1.165, 1.54) is 16.0 Å². The molecule has 2 heterocycles. The van der Waals surface area contributed by atoms with Crippen molar-refractivity contribution < 1.29 is 9.59 Å². The van der Waals surface area contributed by atoms with Crippen LogP contribution in [0.3, 0.4) is 0 Å². The second-order valence-electron chi connectivity index (χ2n) is 8.19. The Morgan fingerprint density at radius 1 is 0.903 bits per heavy atom. The van der Waals surface area contributed by atoms with Crippen LogP contribution >= 0.6 is 11.8 Å². The molecular formula is C26H26N2O2S. The molecule has 4 nitrogen and oxygen atoms in total. The first-order chi connectivity index (χ1) is 14.7. The molecule has 0 radical (unpaired) electrons. The topological polar surface area (TPSA) is 42.3 Å². The van der Waals surface area contributed by atoms with Crippen molar-refractivity contribution in [1.29, 1.82) is 0 Å². The standard InChI is InChI=1S/C26H26N2O2S/c1-16-7-6-8-21(11-16)15-27-25(29)24(31-26(27)30)14-22-13-19(4)28(20(22)5)23-10-9-17(2)18(3)12-23/h6-14H,15H2,1-5H3/b24-14-. The average molecular weight is 431 g/mol. The van der Waals surface area contributed by atoms with Crippen LogP contribution in [0, 0.1) is 34.6 Å². The molecule has 158 valence electrons. The van der Waals surface area contributed by atoms with Gasteiger partial charge in [0.05, 0.1) is 11.4 Å². The molecule has 0 aliphatic carbocycles. The van der Waals surface area contributed by atoms with E-state index in [2.05, 4.69) is 49.6 Å². The molecule has 1 fully saturated rings. The monoisotopic (exact) mass is 430 g/mol. The van der Waals surface area contributed by atoms with E-state index in [0.717, 1.165) is 45.5 Å². The number of hydrogen-bond donors (Lipinski definition) is 0. The zero-order chi connectivity index (χ0) is 22.3. The first kappa shape index (κ1) is 21.2. The van der Waals surface area contributed by atoms with E-state index in [4.69, 9.17) is 0 Å². The van der Waals surface area contributed by atoms with Crippen LogP contribution in [0.4, 0.5) is 4.79 Å². The molecular weight excluding hydrogens is 404 g/mol. The van der Waals surface area contributed by atoms with E-state index in [1.54, 1.807) is 0 Å². The predicted molar refractivity (Wildman–Crippen MR) is 127 cm³/mol. The number of aromatic nitrogens is 1. The Bertz CT molecular complexity index is 1240. The molecule has 5 heteroatoms. The van der Waals surface area contributed by atoms with Crippen LogP contribution in [0.1, 0.15) is 39.2 Å². The maximum Gasteiger partial charge on any atom is 0.293 e. The lowest BCUT2D eigenvalue weighted by molar-refractivity contribution is -0.123. The lowest BCUT2D eigenvalue weighted by atomic mass is 10.1. The van der Waals surface area contributed by atoms with E-state index >= 15 is 0 Å². The molecule has 1 saturated heterocycles. The van der Waals surface area contributed by atoms with Crippen LogP contribution < -0.4 is 0 Å². The van der Waals surface area contributed by atoms with Gasteiger partial charge in [0.2, 0.25) is 0 Å². The van der Waals surface area contributed by atoms with Gasteiger partial charge in [-0.2, -0.15) is 0 Å². The van der Waals surface area contributed by atoms with E-state index in [0.29, 0.717) is 11.4 Å². The Morgan fingerprint density at radius 2 is 1.68 bits per heavy atom. The number of nitrogens with zero attached hydrogens (tertiary/aromatic N) is 2. The van der Waals surface area contributed by atoms with Crippen LogP contribution in [0.25, 0.3) is 11.8 Å². The molecule has 2 amide bonds. The minimum atomic E-state index is -0.229. The van der Waals surface area contributed by atoms with Gasteiger partial charge in [0.1, 0.15) is 0 Å². The van der Waals surface area contributed by atoms with Crippen molar-refractivity contribution in [2.75, 3.05) is 0 Å². The summed E-state index contributed by atoms with van der Waals surface area (Å²) in [6, 6.07) is 16.4. The molecule has 0 saturated carbocycles. The van der Waals surface area contributed by atoms with Gasteiger partial charge in [-0.25, -0.2) is 0 Å². The van der Waals surface area contributed by atoms with Crippen molar-refractivity contribution in [3.63, 3.8) is 0 Å². The highest BCUT2D eigenvalue weighted by Gasteiger charge is 2.35. The fraction of sp³-hybridized carbons (Fsp3) is 0.231. The summed E-state index contributed by atoms with van der Waals surface area (Å²) >= 11 is 1.01. The van der Waals surface area contributed by atoms with Crippen LogP contribution in [0.2, 0.25) is 0 Å². The molecule has 4 rings (SSSR count). The van der Waals surface area contributed by atoms with Crippen molar-refractivity contribution >= 4 is 29.0 Å². The predicted octanol–water partition coefficient (Wildman–Crippen LogP) is 6.26. The van der Waals surface area contributed by atoms with Gasteiger partial charge in [0.25, 0.3) is 11.1 Å². The lowest BCUT2D eigenvalue weighted by Crippen LogP contribution is -2.27. The van der Waals surface area contributed by atoms with Crippen LogP contribution in [0.5, 0.6) is 0 Å². The van der Waals surface area contributed by atoms with Crippen molar-refractivity contribution in [1.82, 2.24) is 9.47 Å². The molecule has 1 aliphatic rings. The first-order valence-electron chi connectivity index (χ1n) is 10.3. The summed E-state index contributed by atoms with van der Waals surface area (Å²) in [5.74, 6) is -0.229. The third-order valence-electron chi connectivity index (χ3n) is 5.80. The molecule has 0 atom stereocenters. The Labute approximate surface area is 187 Å². The largest absolute Gasteiger partial charge is 0.318 e. The smallest absolute Gasteiger partial charge is 0.293 e. The average Bonchev–Trinajstić information content (AvgIpc) is 3.14. The third kappa shape index (κ3) is 4.10. The molecule has 1 aromatic heterocycles. The Kier molecular flexibility index (Phi) is 5.63. The Hall–Kier alpha value is -3.05. The maximum atomic E-state index is 13.0. The highest BCUT2D eigenvalue weighted by molar-refractivity contribution is 8.18. The highest BCUT2D eigenvalue weighted by atomic mass is 32.2. The summed E-state index contributed by atoms with van der Waals surface area (Å²) < 4.78 is 2.19. The van der Waals surface area contributed by atoms with E-state index in [9.17, 15) is 9.59 Å². The fourth-order valence-electron chi connectivity index (χ4n) is 3.97. The molecule has 0 N–H and O–H groups in total. The summed E-state index contributed by atoms with van der Waals surface area (Å²) in [5.41, 5.74) is 8.76. The summed E-state index contributed by atoms with van der Waals surface area (Å²) in [6.45, 7) is 10.6. The van der Waals surface area contributed by atoms with Gasteiger partial charge < -0.3 is 4.57 Å². The fourth-order valence-corrected chi connectivity index (χ4v) is 4.80. The molecule has 1 aliphatic heterocycles. The second-order valence-corrected chi connectivity index (χ2v) is 9.18. The maximum absolute atomic E-state index is 13.0. The summed E-state index contributed by atoms with van der Waals surface area (Å²) in [6.07, 6.45) is 1.85. The summed E-state index contributed by atoms with van der Waals surface area (Å²) in [4.78, 5) is 27.3. The van der Waals surface area contributed by atoms with Gasteiger partial charge in [-0.1, -0.05) is 35.9 Å². The number of aryl methyl sites for hydroxylation is 4. The highest BCUT2D eigenvalue weighted by Crippen LogP contribution is 2.34. The normalized spacial score (nSPS) is 15.4. The third-order valence-corrected chi connectivity index (χ3v) is 6.71. The number of imide groups is 1. The van der Waals surface area contributed by atoms with E-state index in [1.807, 2.05) is 44.2 Å². The van der Waals surface area contributed by atoms with Gasteiger partial charge in [0.15, 0.2) is 0 Å². The summed E-state index contributed by atoms with van der Waals surface area (Å²) in [5, 5.41) is -0.222. The number of hydrogen-bond acceptors (Lipinski definition) is 3. The number of carbonyl (C=O) groups excluding carboxylic acids is 2. The Morgan fingerprint density at radius 3 is 2.39 bits per heavy atom.